The smallest absolute Gasteiger partial charge is 0.338 e. The van der Waals surface area contributed by atoms with Crippen LogP contribution >= 0.6 is 0 Å². The van der Waals surface area contributed by atoms with Crippen LogP contribution in [-0.4, -0.2) is 27.9 Å². The van der Waals surface area contributed by atoms with Crippen molar-refractivity contribution in [3.8, 4) is 11.4 Å². The lowest BCUT2D eigenvalue weighted by atomic mass is 10.1. The Bertz CT molecular complexity index is 1320. The van der Waals surface area contributed by atoms with Crippen LogP contribution in [0.5, 0.6) is 0 Å². The molecule has 6 nitrogen and oxygen atoms in total. The van der Waals surface area contributed by atoms with E-state index >= 15 is 0 Å². The van der Waals surface area contributed by atoms with E-state index in [1.54, 1.807) is 18.2 Å². The molecule has 1 amide bonds. The fourth-order valence-corrected chi connectivity index (χ4v) is 3.60. The van der Waals surface area contributed by atoms with E-state index in [-0.39, 0.29) is 5.91 Å². The molecule has 1 atom stereocenters. The molecule has 168 valence electrons. The van der Waals surface area contributed by atoms with Crippen LogP contribution in [-0.2, 0) is 9.53 Å². The third-order valence-electron chi connectivity index (χ3n) is 5.82. The number of esters is 1. The maximum Gasteiger partial charge on any atom is 0.338 e. The first-order valence-electron chi connectivity index (χ1n) is 11.0. The van der Waals surface area contributed by atoms with Crippen molar-refractivity contribution in [1.82, 2.24) is 9.97 Å². The highest BCUT2D eigenvalue weighted by Gasteiger charge is 2.23. The number of aromatic amines is 1. The Hall–Kier alpha value is -3.93. The van der Waals surface area contributed by atoms with E-state index in [2.05, 4.69) is 15.3 Å². The second kappa shape index (κ2) is 9.28. The lowest BCUT2D eigenvalue weighted by molar-refractivity contribution is -0.124. The van der Waals surface area contributed by atoms with E-state index in [1.807, 2.05) is 70.2 Å². The summed E-state index contributed by atoms with van der Waals surface area (Å²) in [6, 6.07) is 18.9. The Morgan fingerprint density at radius 1 is 1.03 bits per heavy atom. The number of carbonyl (C=O) groups excluding carboxylic acids is 2. The van der Waals surface area contributed by atoms with Crippen molar-refractivity contribution in [3.63, 3.8) is 0 Å². The van der Waals surface area contributed by atoms with Crippen LogP contribution in [0.4, 0.5) is 5.69 Å². The van der Waals surface area contributed by atoms with Crippen molar-refractivity contribution >= 4 is 28.6 Å². The highest BCUT2D eigenvalue weighted by molar-refractivity contribution is 5.99. The van der Waals surface area contributed by atoms with Gasteiger partial charge in [0.1, 0.15) is 5.82 Å². The number of amides is 1. The van der Waals surface area contributed by atoms with Crippen LogP contribution < -0.4 is 5.32 Å². The standard InChI is InChI=1S/C27H27N3O3/c1-5-24(26(31)30-21-8-6-7-17(3)18(21)4)33-27(32)20-13-14-22-23(15-20)29-25(28-22)19-11-9-16(2)10-12-19/h6-15,24H,5H2,1-4H3,(H,28,29)(H,30,31). The van der Waals surface area contributed by atoms with Gasteiger partial charge < -0.3 is 15.0 Å². The zero-order valence-corrected chi connectivity index (χ0v) is 19.2. The molecule has 0 radical (unpaired) electrons. The summed E-state index contributed by atoms with van der Waals surface area (Å²) in [7, 11) is 0. The molecule has 0 bridgehead atoms. The van der Waals surface area contributed by atoms with Gasteiger partial charge in [0.15, 0.2) is 6.10 Å². The van der Waals surface area contributed by atoms with Crippen LogP contribution in [0.3, 0.4) is 0 Å². The minimum atomic E-state index is -0.891. The molecular weight excluding hydrogens is 414 g/mol. The summed E-state index contributed by atoms with van der Waals surface area (Å²) < 4.78 is 5.56. The first kappa shape index (κ1) is 22.3. The highest BCUT2D eigenvalue weighted by atomic mass is 16.5. The molecule has 1 aromatic heterocycles. The molecule has 33 heavy (non-hydrogen) atoms. The summed E-state index contributed by atoms with van der Waals surface area (Å²) >= 11 is 0. The largest absolute Gasteiger partial charge is 0.449 e. The Morgan fingerprint density at radius 2 is 1.79 bits per heavy atom. The van der Waals surface area contributed by atoms with Gasteiger partial charge in [-0.15, -0.1) is 0 Å². The average Bonchev–Trinajstić information content (AvgIpc) is 3.24. The van der Waals surface area contributed by atoms with Gasteiger partial charge in [0, 0.05) is 11.3 Å². The van der Waals surface area contributed by atoms with E-state index < -0.39 is 12.1 Å². The SMILES string of the molecule is CCC(OC(=O)c1ccc2nc(-c3ccc(C)cc3)[nH]c2c1)C(=O)Nc1cccc(C)c1C. The summed E-state index contributed by atoms with van der Waals surface area (Å²) in [6.07, 6.45) is -0.523. The monoisotopic (exact) mass is 441 g/mol. The molecule has 0 spiro atoms. The van der Waals surface area contributed by atoms with Gasteiger partial charge in [0.2, 0.25) is 0 Å². The number of hydrogen-bond acceptors (Lipinski definition) is 4. The van der Waals surface area contributed by atoms with Crippen molar-refractivity contribution < 1.29 is 14.3 Å². The van der Waals surface area contributed by atoms with Crippen LogP contribution in [0, 0.1) is 20.8 Å². The number of aromatic nitrogens is 2. The molecule has 3 aromatic carbocycles. The van der Waals surface area contributed by atoms with Crippen LogP contribution in [0.1, 0.15) is 40.4 Å². The molecule has 1 unspecified atom stereocenters. The lowest BCUT2D eigenvalue weighted by Crippen LogP contribution is -2.32. The number of hydrogen-bond donors (Lipinski definition) is 2. The molecule has 0 aliphatic carbocycles. The number of nitrogens with one attached hydrogen (secondary N) is 2. The van der Waals surface area contributed by atoms with Gasteiger partial charge in [-0.05, 0) is 62.6 Å². The first-order chi connectivity index (χ1) is 15.9. The topological polar surface area (TPSA) is 84.1 Å². The zero-order chi connectivity index (χ0) is 23.5. The number of imidazole rings is 1. The molecule has 0 aliphatic heterocycles. The summed E-state index contributed by atoms with van der Waals surface area (Å²) in [6.45, 7) is 7.78. The Kier molecular flexibility index (Phi) is 6.27. The fourth-order valence-electron chi connectivity index (χ4n) is 3.60. The molecule has 2 N–H and O–H groups in total. The lowest BCUT2D eigenvalue weighted by Gasteiger charge is -2.17. The Balaban J connectivity index is 1.50. The first-order valence-corrected chi connectivity index (χ1v) is 11.0. The number of aryl methyl sites for hydroxylation is 2. The van der Waals surface area contributed by atoms with Crippen molar-refractivity contribution in [2.24, 2.45) is 0 Å². The number of anilines is 1. The maximum absolute atomic E-state index is 12.8. The number of H-pyrrole nitrogens is 1. The molecular formula is C27H27N3O3. The Morgan fingerprint density at radius 3 is 2.52 bits per heavy atom. The number of benzene rings is 3. The van der Waals surface area contributed by atoms with Crippen molar-refractivity contribution in [2.75, 3.05) is 5.32 Å². The molecule has 6 heteroatoms. The molecule has 4 rings (SSSR count). The molecule has 0 saturated heterocycles. The second-order valence-electron chi connectivity index (χ2n) is 8.22. The van der Waals surface area contributed by atoms with E-state index in [0.29, 0.717) is 12.0 Å². The third kappa shape index (κ3) is 4.80. The van der Waals surface area contributed by atoms with Gasteiger partial charge in [-0.25, -0.2) is 9.78 Å². The minimum absolute atomic E-state index is 0.344. The summed E-state index contributed by atoms with van der Waals surface area (Å²) in [5, 5.41) is 2.88. The van der Waals surface area contributed by atoms with E-state index in [1.165, 1.54) is 5.56 Å². The Labute approximate surface area is 193 Å². The molecule has 4 aromatic rings. The summed E-state index contributed by atoms with van der Waals surface area (Å²) in [5.41, 5.74) is 6.77. The van der Waals surface area contributed by atoms with Crippen LogP contribution in [0.15, 0.2) is 60.7 Å². The highest BCUT2D eigenvalue weighted by Crippen LogP contribution is 2.23. The summed E-state index contributed by atoms with van der Waals surface area (Å²) in [4.78, 5) is 33.5. The average molecular weight is 442 g/mol. The van der Waals surface area contributed by atoms with Crippen molar-refractivity contribution in [2.45, 2.75) is 40.2 Å². The zero-order valence-electron chi connectivity index (χ0n) is 19.2. The quantitative estimate of drug-likeness (QED) is 0.374. The third-order valence-corrected chi connectivity index (χ3v) is 5.82. The number of rotatable bonds is 6. The number of carbonyl (C=O) groups is 2. The summed E-state index contributed by atoms with van der Waals surface area (Å²) in [5.74, 6) is -0.162. The van der Waals surface area contributed by atoms with Gasteiger partial charge in [0.25, 0.3) is 5.91 Å². The fraction of sp³-hybridized carbons (Fsp3) is 0.222. The predicted molar refractivity (Wildman–Crippen MR) is 130 cm³/mol. The number of nitrogens with zero attached hydrogens (tertiary/aromatic N) is 1. The second-order valence-corrected chi connectivity index (χ2v) is 8.22. The molecule has 0 fully saturated rings. The van der Waals surface area contributed by atoms with Gasteiger partial charge in [0.05, 0.1) is 16.6 Å². The molecule has 0 aliphatic rings. The van der Waals surface area contributed by atoms with E-state index in [4.69, 9.17) is 4.74 Å². The van der Waals surface area contributed by atoms with Crippen molar-refractivity contribution in [3.05, 3.63) is 82.9 Å². The minimum Gasteiger partial charge on any atom is -0.449 e. The number of fused-ring (bicyclic) bond motifs is 1. The van der Waals surface area contributed by atoms with Gasteiger partial charge >= 0.3 is 5.97 Å². The van der Waals surface area contributed by atoms with Crippen LogP contribution in [0.25, 0.3) is 22.4 Å². The van der Waals surface area contributed by atoms with Crippen LogP contribution in [0.2, 0.25) is 0 Å². The van der Waals surface area contributed by atoms with E-state index in [0.717, 1.165) is 39.2 Å². The van der Waals surface area contributed by atoms with Gasteiger partial charge in [-0.3, -0.25) is 4.79 Å². The van der Waals surface area contributed by atoms with Gasteiger partial charge in [-0.2, -0.15) is 0 Å². The van der Waals surface area contributed by atoms with Gasteiger partial charge in [-0.1, -0.05) is 48.9 Å². The van der Waals surface area contributed by atoms with Crippen molar-refractivity contribution in [1.29, 1.82) is 0 Å². The molecule has 0 saturated carbocycles. The maximum atomic E-state index is 12.8. The molecule has 1 heterocycles. The number of ether oxygens (including phenoxy) is 1. The van der Waals surface area contributed by atoms with E-state index in [9.17, 15) is 9.59 Å². The normalized spacial score (nSPS) is 11.9. The predicted octanol–water partition coefficient (Wildman–Crippen LogP) is 5.73.